The van der Waals surface area contributed by atoms with E-state index in [0.717, 1.165) is 0 Å². The highest BCUT2D eigenvalue weighted by atomic mass is 28.3. The average Bonchev–Trinajstić information content (AvgIpc) is 2.39. The number of hydrogen-bond acceptors (Lipinski definition) is 1. The van der Waals surface area contributed by atoms with Gasteiger partial charge in [0.25, 0.3) is 0 Å². The van der Waals surface area contributed by atoms with Crippen LogP contribution in [0.15, 0.2) is 43.1 Å². The van der Waals surface area contributed by atoms with Gasteiger partial charge < -0.3 is 5.32 Å². The summed E-state index contributed by atoms with van der Waals surface area (Å²) in [6, 6.07) is 10.7. The van der Waals surface area contributed by atoms with E-state index in [2.05, 4.69) is 63.1 Å². The van der Waals surface area contributed by atoms with E-state index < -0.39 is 8.07 Å². The van der Waals surface area contributed by atoms with E-state index in [0.29, 0.717) is 11.5 Å². The lowest BCUT2D eigenvalue weighted by molar-refractivity contribution is -0.124. The van der Waals surface area contributed by atoms with Crippen LogP contribution in [0.2, 0.25) is 18.6 Å². The van der Waals surface area contributed by atoms with Gasteiger partial charge in [-0.15, -0.1) is 0 Å². The molecule has 0 saturated carbocycles. The minimum atomic E-state index is -1.72. The molecule has 1 N–H and O–H groups in total. The summed E-state index contributed by atoms with van der Waals surface area (Å²) in [5, 5.41) is 4.17. The van der Waals surface area contributed by atoms with E-state index in [1.807, 2.05) is 13.0 Å². The largest absolute Gasteiger partial charge is 0.333 e. The van der Waals surface area contributed by atoms with Crippen molar-refractivity contribution in [2.75, 3.05) is 0 Å². The van der Waals surface area contributed by atoms with E-state index in [4.69, 9.17) is 0 Å². The molecule has 1 aromatic carbocycles. The van der Waals surface area contributed by atoms with Crippen LogP contribution in [0.25, 0.3) is 0 Å². The number of hydrogen-bond donors (Lipinski definition) is 1. The fraction of sp³-hybridized carbons (Fsp3) is 0.471. The number of carbonyl (C=O) groups excluding carboxylic acids is 1. The molecule has 0 heterocycles. The van der Waals surface area contributed by atoms with E-state index >= 15 is 0 Å². The predicted molar refractivity (Wildman–Crippen MR) is 89.6 cm³/mol. The van der Waals surface area contributed by atoms with Crippen molar-refractivity contribution in [1.82, 2.24) is 5.32 Å². The van der Waals surface area contributed by atoms with Crippen molar-refractivity contribution in [3.63, 3.8) is 0 Å². The molecule has 1 rings (SSSR count). The first kappa shape index (κ1) is 16.7. The number of benzene rings is 1. The first-order chi connectivity index (χ1) is 9.32. The van der Waals surface area contributed by atoms with Gasteiger partial charge in [0.15, 0.2) is 0 Å². The van der Waals surface area contributed by atoms with Crippen molar-refractivity contribution in [2.45, 2.75) is 39.4 Å². The highest BCUT2D eigenvalue weighted by Gasteiger charge is 2.41. The van der Waals surface area contributed by atoms with Gasteiger partial charge in [-0.05, 0) is 17.7 Å². The van der Waals surface area contributed by atoms with E-state index in [9.17, 15) is 4.79 Å². The van der Waals surface area contributed by atoms with Gasteiger partial charge in [-0.1, -0.05) is 76.0 Å². The lowest BCUT2D eigenvalue weighted by Gasteiger charge is -2.39. The maximum Gasteiger partial charge on any atom is 0.226 e. The van der Waals surface area contributed by atoms with Crippen LogP contribution >= 0.6 is 0 Å². The summed E-state index contributed by atoms with van der Waals surface area (Å²) in [6.07, 6.45) is 1.48. The van der Waals surface area contributed by atoms with E-state index in [-0.39, 0.29) is 11.8 Å². The minimum absolute atomic E-state index is 0.00475. The molecule has 0 aliphatic heterocycles. The Morgan fingerprint density at radius 3 is 2.20 bits per heavy atom. The third-order valence-electron chi connectivity index (χ3n) is 4.27. The van der Waals surface area contributed by atoms with Crippen LogP contribution in [0.4, 0.5) is 0 Å². The van der Waals surface area contributed by atoms with Crippen molar-refractivity contribution in [2.24, 2.45) is 11.8 Å². The molecule has 0 aromatic heterocycles. The topological polar surface area (TPSA) is 29.1 Å². The summed E-state index contributed by atoms with van der Waals surface area (Å²) in [4.78, 5) is 12.2. The molecule has 2 atom stereocenters. The first-order valence-corrected chi connectivity index (χ1v) is 10.4. The van der Waals surface area contributed by atoms with Gasteiger partial charge in [-0.25, -0.2) is 0 Å². The fourth-order valence-electron chi connectivity index (χ4n) is 3.49. The molecule has 0 saturated heterocycles. The summed E-state index contributed by atoms with van der Waals surface area (Å²) in [6.45, 7) is 14.8. The van der Waals surface area contributed by atoms with Gasteiger partial charge in [0.2, 0.25) is 5.91 Å². The molecule has 1 amide bonds. The highest BCUT2D eigenvalue weighted by molar-refractivity contribution is 6.91. The van der Waals surface area contributed by atoms with Gasteiger partial charge in [0.1, 0.15) is 0 Å². The van der Waals surface area contributed by atoms with Crippen LogP contribution < -0.4 is 10.5 Å². The second kappa shape index (κ2) is 6.89. The monoisotopic (exact) mass is 289 g/mol. The molecular weight excluding hydrogens is 262 g/mol. The first-order valence-electron chi connectivity index (χ1n) is 7.29. The standard InChI is InChI=1S/C17H27NOSi/c1-7-18-17(19)14(4)16(13(2)3)20(5,6)15-11-9-8-10-12-15/h7-14,16H,1H2,2-6H3,(H,18,19)/t14-,16+/m0/s1. The zero-order valence-electron chi connectivity index (χ0n) is 13.3. The molecule has 0 aliphatic carbocycles. The highest BCUT2D eigenvalue weighted by Crippen LogP contribution is 2.37. The molecule has 2 nitrogen and oxygen atoms in total. The SMILES string of the molecule is C=CNC(=O)[C@@H](C)[C@@H](C(C)C)[Si](C)(C)c1ccccc1. The Hall–Kier alpha value is -1.35. The second-order valence-electron chi connectivity index (χ2n) is 6.36. The van der Waals surface area contributed by atoms with Gasteiger partial charge >= 0.3 is 0 Å². The molecule has 0 aliphatic rings. The summed E-state index contributed by atoms with van der Waals surface area (Å²) in [7, 11) is -1.72. The lowest BCUT2D eigenvalue weighted by Crippen LogP contribution is -2.52. The lowest BCUT2D eigenvalue weighted by atomic mass is 9.97. The quantitative estimate of drug-likeness (QED) is 0.798. The summed E-state index contributed by atoms with van der Waals surface area (Å²) < 4.78 is 0. The van der Waals surface area contributed by atoms with Crippen LogP contribution in [0.5, 0.6) is 0 Å². The van der Waals surface area contributed by atoms with E-state index in [1.54, 1.807) is 0 Å². The molecule has 0 radical (unpaired) electrons. The smallest absolute Gasteiger partial charge is 0.226 e. The van der Waals surface area contributed by atoms with Crippen molar-refractivity contribution < 1.29 is 4.79 Å². The summed E-state index contributed by atoms with van der Waals surface area (Å²) >= 11 is 0. The summed E-state index contributed by atoms with van der Waals surface area (Å²) in [5.41, 5.74) is 0.393. The molecule has 0 bridgehead atoms. The zero-order valence-corrected chi connectivity index (χ0v) is 14.3. The van der Waals surface area contributed by atoms with Crippen molar-refractivity contribution in [3.05, 3.63) is 43.1 Å². The van der Waals surface area contributed by atoms with Crippen LogP contribution in [0.3, 0.4) is 0 Å². The molecule has 3 heteroatoms. The van der Waals surface area contributed by atoms with Gasteiger partial charge in [-0.2, -0.15) is 0 Å². The Morgan fingerprint density at radius 1 is 1.20 bits per heavy atom. The number of nitrogens with one attached hydrogen (secondary N) is 1. The minimum Gasteiger partial charge on any atom is -0.333 e. The Balaban J connectivity index is 3.13. The van der Waals surface area contributed by atoms with E-state index in [1.165, 1.54) is 11.4 Å². The molecule has 0 fully saturated rings. The Morgan fingerprint density at radius 2 is 1.75 bits per heavy atom. The number of carbonyl (C=O) groups is 1. The maximum absolute atomic E-state index is 12.2. The Kier molecular flexibility index (Phi) is 5.75. The molecule has 0 spiro atoms. The van der Waals surface area contributed by atoms with Crippen molar-refractivity contribution in [3.8, 4) is 0 Å². The van der Waals surface area contributed by atoms with Gasteiger partial charge in [0, 0.05) is 5.92 Å². The van der Waals surface area contributed by atoms with Gasteiger partial charge in [0.05, 0.1) is 8.07 Å². The number of rotatable bonds is 6. The third-order valence-corrected chi connectivity index (χ3v) is 8.92. The molecule has 1 aromatic rings. The average molecular weight is 289 g/mol. The maximum atomic E-state index is 12.2. The van der Waals surface area contributed by atoms with Crippen LogP contribution in [0.1, 0.15) is 20.8 Å². The molecular formula is C17H27NOSi. The Labute approximate surface area is 124 Å². The van der Waals surface area contributed by atoms with Crippen molar-refractivity contribution >= 4 is 19.2 Å². The zero-order chi connectivity index (χ0) is 15.3. The van der Waals surface area contributed by atoms with Gasteiger partial charge in [-0.3, -0.25) is 4.79 Å². The Bertz CT molecular complexity index is 453. The molecule has 20 heavy (non-hydrogen) atoms. The second-order valence-corrected chi connectivity index (χ2v) is 11.0. The fourth-order valence-corrected chi connectivity index (χ4v) is 8.00. The molecule has 110 valence electrons. The van der Waals surface area contributed by atoms with Crippen LogP contribution in [0, 0.1) is 11.8 Å². The number of amides is 1. The van der Waals surface area contributed by atoms with Crippen molar-refractivity contribution in [1.29, 1.82) is 0 Å². The predicted octanol–water partition coefficient (Wildman–Crippen LogP) is 3.52. The normalized spacial score (nSPS) is 14.7. The molecule has 0 unspecified atom stereocenters. The van der Waals surface area contributed by atoms with Crippen LogP contribution in [-0.2, 0) is 4.79 Å². The summed E-state index contributed by atoms with van der Waals surface area (Å²) in [5.74, 6) is 0.549. The third kappa shape index (κ3) is 3.60. The van der Waals surface area contributed by atoms with Crippen LogP contribution in [-0.4, -0.2) is 14.0 Å².